The molecule has 0 spiro atoms. The Morgan fingerprint density at radius 3 is 1.48 bits per heavy atom. The second-order valence-electron chi connectivity index (χ2n) is 14.3. The number of carbonyl (C=O) groups is 2. The Balaban J connectivity index is 4.35. The number of aliphatic hydroxyl groups is 2. The third kappa shape index (κ3) is 39.9. The highest BCUT2D eigenvalue weighted by molar-refractivity contribution is 7.47. The molecule has 0 aromatic rings. The number of esters is 2. The van der Waals surface area contributed by atoms with E-state index in [1.807, 2.05) is 0 Å². The van der Waals surface area contributed by atoms with E-state index in [1.165, 1.54) is 64.2 Å². The molecule has 0 aromatic heterocycles. The summed E-state index contributed by atoms with van der Waals surface area (Å²) in [6, 6.07) is 0. The van der Waals surface area contributed by atoms with Crippen molar-refractivity contribution in [2.75, 3.05) is 26.4 Å². The van der Waals surface area contributed by atoms with Crippen LogP contribution in [0.3, 0.4) is 0 Å². The fourth-order valence-electron chi connectivity index (χ4n) is 5.61. The highest BCUT2D eigenvalue weighted by Crippen LogP contribution is 2.43. The number of ether oxygens (including phenoxy) is 2. The molecule has 10 nitrogen and oxygen atoms in total. The molecule has 3 atom stereocenters. The van der Waals surface area contributed by atoms with Crippen LogP contribution in [0, 0.1) is 0 Å². The predicted octanol–water partition coefficient (Wildman–Crippen LogP) is 11.5. The Labute approximate surface area is 340 Å². The number of unbranched alkanes of at least 4 members (excludes halogenated alkanes) is 16. The molecule has 11 heteroatoms. The first-order valence-electron chi connectivity index (χ1n) is 21.7. The summed E-state index contributed by atoms with van der Waals surface area (Å²) in [5.41, 5.74) is 0. The lowest BCUT2D eigenvalue weighted by Gasteiger charge is -2.20. The van der Waals surface area contributed by atoms with Crippen LogP contribution in [-0.4, -0.2) is 65.7 Å². The van der Waals surface area contributed by atoms with Gasteiger partial charge in [-0.2, -0.15) is 0 Å². The van der Waals surface area contributed by atoms with Crippen molar-refractivity contribution in [1.29, 1.82) is 0 Å². The summed E-state index contributed by atoms with van der Waals surface area (Å²) < 4.78 is 32.7. The van der Waals surface area contributed by atoms with E-state index in [0.717, 1.165) is 70.6 Å². The molecule has 0 aliphatic carbocycles. The molecule has 0 radical (unpaired) electrons. The summed E-state index contributed by atoms with van der Waals surface area (Å²) in [6.07, 6.45) is 44.7. The first-order valence-corrected chi connectivity index (χ1v) is 23.2. The van der Waals surface area contributed by atoms with Gasteiger partial charge in [0.25, 0.3) is 0 Å². The van der Waals surface area contributed by atoms with Gasteiger partial charge in [0.05, 0.1) is 19.8 Å². The number of phosphoric acid groups is 1. The van der Waals surface area contributed by atoms with E-state index in [9.17, 15) is 24.2 Å². The molecule has 0 aliphatic rings. The largest absolute Gasteiger partial charge is 0.472 e. The van der Waals surface area contributed by atoms with Crippen molar-refractivity contribution in [2.24, 2.45) is 0 Å². The van der Waals surface area contributed by atoms with Gasteiger partial charge in [-0.15, -0.1) is 0 Å². The van der Waals surface area contributed by atoms with Gasteiger partial charge in [0, 0.05) is 12.8 Å². The SMILES string of the molecule is CC/C=C/C/C=C/C/C=C/C/C=C/C/C=C/CCCCCC(=O)OC[C@@H](COP(=O)(O)OC[C@H](O)CO)OC(=O)CCCCCCCCCCCCCCCC. The predicted molar refractivity (Wildman–Crippen MR) is 228 cm³/mol. The zero-order chi connectivity index (χ0) is 41.2. The average Bonchev–Trinajstić information content (AvgIpc) is 3.19. The molecule has 0 saturated carbocycles. The molecule has 0 heterocycles. The number of rotatable bonds is 40. The normalized spacial score (nSPS) is 14.4. The molecular weight excluding hydrogens is 731 g/mol. The van der Waals surface area contributed by atoms with Crippen LogP contribution in [0.25, 0.3) is 0 Å². The standard InChI is InChI=1S/C45H79O10P/c1-3-5-7-9-11-13-15-17-19-20-21-22-23-25-26-28-30-32-34-36-44(48)52-40-43(41-54-56(50,51)53-39-42(47)38-46)55-45(49)37-35-33-31-29-27-24-18-16-14-12-10-8-6-4-2/h5,7,11,13,17,19,21-22,25-26,42-43,46-47H,3-4,6,8-10,12,14-16,18,20,23-24,27-41H2,1-2H3,(H,50,51)/b7-5+,13-11+,19-17+,22-21+,26-25+/t42-,43+/m1/s1. The molecule has 0 fully saturated rings. The van der Waals surface area contributed by atoms with Crippen LogP contribution in [0.4, 0.5) is 0 Å². The van der Waals surface area contributed by atoms with Crippen LogP contribution in [0.15, 0.2) is 60.8 Å². The number of aliphatic hydroxyl groups excluding tert-OH is 2. The number of hydrogen-bond acceptors (Lipinski definition) is 9. The number of carbonyl (C=O) groups excluding carboxylic acids is 2. The second kappa shape index (κ2) is 40.9. The van der Waals surface area contributed by atoms with Crippen LogP contribution < -0.4 is 0 Å². The molecule has 0 saturated heterocycles. The van der Waals surface area contributed by atoms with Crippen LogP contribution >= 0.6 is 7.82 Å². The van der Waals surface area contributed by atoms with Crippen molar-refractivity contribution in [1.82, 2.24) is 0 Å². The Bertz CT molecular complexity index is 1120. The molecule has 3 N–H and O–H groups in total. The maximum atomic E-state index is 12.6. The molecular formula is C45H79O10P. The topological polar surface area (TPSA) is 149 Å². The minimum Gasteiger partial charge on any atom is -0.462 e. The average molecular weight is 811 g/mol. The Hall–Kier alpha value is -2.33. The van der Waals surface area contributed by atoms with Gasteiger partial charge in [-0.25, -0.2) is 4.57 Å². The number of phosphoric ester groups is 1. The van der Waals surface area contributed by atoms with Crippen molar-refractivity contribution in [3.8, 4) is 0 Å². The van der Waals surface area contributed by atoms with Gasteiger partial charge in [-0.05, 0) is 57.8 Å². The van der Waals surface area contributed by atoms with Gasteiger partial charge in [0.1, 0.15) is 12.7 Å². The fraction of sp³-hybridized carbons (Fsp3) is 0.733. The van der Waals surface area contributed by atoms with Crippen molar-refractivity contribution in [2.45, 2.75) is 187 Å². The van der Waals surface area contributed by atoms with Gasteiger partial charge in [0.15, 0.2) is 6.10 Å². The van der Waals surface area contributed by atoms with Crippen LogP contribution in [0.5, 0.6) is 0 Å². The van der Waals surface area contributed by atoms with Gasteiger partial charge in [0.2, 0.25) is 0 Å². The van der Waals surface area contributed by atoms with Crippen LogP contribution in [-0.2, 0) is 32.7 Å². The summed E-state index contributed by atoms with van der Waals surface area (Å²) in [4.78, 5) is 35.0. The van der Waals surface area contributed by atoms with E-state index in [0.29, 0.717) is 12.8 Å². The molecule has 0 amide bonds. The summed E-state index contributed by atoms with van der Waals surface area (Å²) in [7, 11) is -4.63. The van der Waals surface area contributed by atoms with E-state index in [2.05, 4.69) is 79.1 Å². The summed E-state index contributed by atoms with van der Waals surface area (Å²) in [6.45, 7) is 2.23. The van der Waals surface area contributed by atoms with Gasteiger partial charge < -0.3 is 24.6 Å². The third-order valence-electron chi connectivity index (χ3n) is 8.94. The zero-order valence-corrected chi connectivity index (χ0v) is 36.0. The monoisotopic (exact) mass is 811 g/mol. The van der Waals surface area contributed by atoms with Crippen molar-refractivity contribution in [3.63, 3.8) is 0 Å². The van der Waals surface area contributed by atoms with Gasteiger partial charge >= 0.3 is 19.8 Å². The minimum atomic E-state index is -4.63. The van der Waals surface area contributed by atoms with E-state index in [-0.39, 0.29) is 19.4 Å². The second-order valence-corrected chi connectivity index (χ2v) is 15.8. The first kappa shape index (κ1) is 53.7. The lowest BCUT2D eigenvalue weighted by molar-refractivity contribution is -0.161. The van der Waals surface area contributed by atoms with E-state index in [4.69, 9.17) is 19.1 Å². The molecule has 0 bridgehead atoms. The molecule has 324 valence electrons. The van der Waals surface area contributed by atoms with E-state index < -0.39 is 51.8 Å². The summed E-state index contributed by atoms with van der Waals surface area (Å²) in [5, 5.41) is 18.3. The maximum Gasteiger partial charge on any atom is 0.472 e. The van der Waals surface area contributed by atoms with Crippen molar-refractivity contribution < 1.29 is 47.8 Å². The third-order valence-corrected chi connectivity index (χ3v) is 9.89. The Morgan fingerprint density at radius 2 is 0.982 bits per heavy atom. The Morgan fingerprint density at radius 1 is 0.554 bits per heavy atom. The van der Waals surface area contributed by atoms with Gasteiger partial charge in [-0.1, -0.05) is 164 Å². The van der Waals surface area contributed by atoms with Crippen molar-refractivity contribution >= 4 is 19.8 Å². The van der Waals surface area contributed by atoms with E-state index in [1.54, 1.807) is 0 Å². The van der Waals surface area contributed by atoms with Gasteiger partial charge in [-0.3, -0.25) is 18.6 Å². The van der Waals surface area contributed by atoms with Crippen LogP contribution in [0.2, 0.25) is 0 Å². The number of allylic oxidation sites excluding steroid dienone is 10. The van der Waals surface area contributed by atoms with Crippen molar-refractivity contribution in [3.05, 3.63) is 60.8 Å². The quantitative estimate of drug-likeness (QED) is 0.0236. The lowest BCUT2D eigenvalue weighted by Crippen LogP contribution is -2.29. The smallest absolute Gasteiger partial charge is 0.462 e. The highest BCUT2D eigenvalue weighted by Gasteiger charge is 2.27. The summed E-state index contributed by atoms with van der Waals surface area (Å²) in [5.74, 6) is -0.963. The molecule has 0 rings (SSSR count). The molecule has 56 heavy (non-hydrogen) atoms. The highest BCUT2D eigenvalue weighted by atomic mass is 31.2. The maximum absolute atomic E-state index is 12.6. The zero-order valence-electron chi connectivity index (χ0n) is 35.1. The molecule has 0 aliphatic heterocycles. The summed E-state index contributed by atoms with van der Waals surface area (Å²) >= 11 is 0. The molecule has 1 unspecified atom stereocenters. The minimum absolute atomic E-state index is 0.177. The molecule has 0 aromatic carbocycles. The number of hydrogen-bond donors (Lipinski definition) is 3. The fourth-order valence-corrected chi connectivity index (χ4v) is 6.40. The van der Waals surface area contributed by atoms with Crippen LogP contribution in [0.1, 0.15) is 174 Å². The Kier molecular flexibility index (Phi) is 39.2. The lowest BCUT2D eigenvalue weighted by atomic mass is 10.0. The van der Waals surface area contributed by atoms with E-state index >= 15 is 0 Å². The first-order chi connectivity index (χ1) is 27.2.